The number of halogens is 1. The number of anilines is 1. The van der Waals surface area contributed by atoms with Crippen molar-refractivity contribution in [1.29, 1.82) is 0 Å². The summed E-state index contributed by atoms with van der Waals surface area (Å²) < 4.78 is 1.04. The molecule has 0 atom stereocenters. The number of aryl methyl sites for hydroxylation is 2. The molecular weight excluding hydrogens is 348 g/mol. The zero-order valence-electron chi connectivity index (χ0n) is 12.4. The standard InChI is InChI=1S/C16H19BrN2OS/c1-10-8-14(4-5-15(10)17)19-16(20)18-7-6-13-9-21-12(3)11(13)2/h4-5,8-9H,6-7H2,1-3H3,(H2,18,19,20). The van der Waals surface area contributed by atoms with E-state index < -0.39 is 0 Å². The summed E-state index contributed by atoms with van der Waals surface area (Å²) >= 11 is 5.21. The number of urea groups is 1. The summed E-state index contributed by atoms with van der Waals surface area (Å²) in [4.78, 5) is 13.2. The van der Waals surface area contributed by atoms with Crippen LogP contribution in [0.5, 0.6) is 0 Å². The van der Waals surface area contributed by atoms with Crippen LogP contribution in [0.3, 0.4) is 0 Å². The third kappa shape index (κ3) is 4.32. The maximum atomic E-state index is 11.9. The number of benzene rings is 1. The first-order valence-electron chi connectivity index (χ1n) is 6.82. The highest BCUT2D eigenvalue weighted by Crippen LogP contribution is 2.21. The van der Waals surface area contributed by atoms with E-state index in [0.29, 0.717) is 6.54 Å². The van der Waals surface area contributed by atoms with Gasteiger partial charge in [-0.3, -0.25) is 0 Å². The van der Waals surface area contributed by atoms with Crippen molar-refractivity contribution < 1.29 is 4.79 Å². The molecular formula is C16H19BrN2OS. The summed E-state index contributed by atoms with van der Waals surface area (Å²) in [5.41, 5.74) is 4.55. The highest BCUT2D eigenvalue weighted by atomic mass is 79.9. The number of rotatable bonds is 4. The van der Waals surface area contributed by atoms with E-state index in [0.717, 1.165) is 22.1 Å². The fourth-order valence-electron chi connectivity index (χ4n) is 2.02. The van der Waals surface area contributed by atoms with Gasteiger partial charge in [0.1, 0.15) is 0 Å². The third-order valence-corrected chi connectivity index (χ3v) is 5.44. The fraction of sp³-hybridized carbons (Fsp3) is 0.312. The van der Waals surface area contributed by atoms with Crippen molar-refractivity contribution in [2.75, 3.05) is 11.9 Å². The Kier molecular flexibility index (Phi) is 5.42. The van der Waals surface area contributed by atoms with Crippen LogP contribution in [0.1, 0.15) is 21.6 Å². The lowest BCUT2D eigenvalue weighted by atomic mass is 10.1. The molecule has 3 nitrogen and oxygen atoms in total. The zero-order valence-corrected chi connectivity index (χ0v) is 14.8. The minimum absolute atomic E-state index is 0.165. The van der Waals surface area contributed by atoms with E-state index >= 15 is 0 Å². The number of amides is 2. The SMILES string of the molecule is Cc1cc(NC(=O)NCCc2csc(C)c2C)ccc1Br. The largest absolute Gasteiger partial charge is 0.338 e. The normalized spacial score (nSPS) is 10.5. The molecule has 0 spiro atoms. The number of hydrogen-bond donors (Lipinski definition) is 2. The Labute approximate surface area is 137 Å². The van der Waals surface area contributed by atoms with Gasteiger partial charge >= 0.3 is 6.03 Å². The molecule has 21 heavy (non-hydrogen) atoms. The van der Waals surface area contributed by atoms with E-state index in [1.807, 2.05) is 25.1 Å². The molecule has 112 valence electrons. The van der Waals surface area contributed by atoms with Crippen LogP contribution in [0.2, 0.25) is 0 Å². The molecule has 0 bridgehead atoms. The zero-order chi connectivity index (χ0) is 15.4. The van der Waals surface area contributed by atoms with Gasteiger partial charge in [0, 0.05) is 21.6 Å². The number of carbonyl (C=O) groups excluding carboxylic acids is 1. The second-order valence-corrected chi connectivity index (χ2v) is 6.98. The summed E-state index contributed by atoms with van der Waals surface area (Å²) in [6.45, 7) is 6.89. The molecule has 0 unspecified atom stereocenters. The number of hydrogen-bond acceptors (Lipinski definition) is 2. The van der Waals surface area contributed by atoms with Gasteiger partial charge in [-0.25, -0.2) is 4.79 Å². The molecule has 2 rings (SSSR count). The van der Waals surface area contributed by atoms with Gasteiger partial charge in [0.2, 0.25) is 0 Å². The van der Waals surface area contributed by atoms with Crippen molar-refractivity contribution >= 4 is 39.0 Å². The van der Waals surface area contributed by atoms with Crippen molar-refractivity contribution in [1.82, 2.24) is 5.32 Å². The molecule has 1 aromatic carbocycles. The average Bonchev–Trinajstić information content (AvgIpc) is 2.75. The lowest BCUT2D eigenvalue weighted by Gasteiger charge is -2.09. The van der Waals surface area contributed by atoms with Crippen molar-refractivity contribution in [3.63, 3.8) is 0 Å². The van der Waals surface area contributed by atoms with Crippen LogP contribution in [0.4, 0.5) is 10.5 Å². The Morgan fingerprint density at radius 1 is 1.29 bits per heavy atom. The molecule has 0 saturated carbocycles. The highest BCUT2D eigenvalue weighted by Gasteiger charge is 2.06. The molecule has 5 heteroatoms. The first-order valence-corrected chi connectivity index (χ1v) is 8.49. The summed E-state index contributed by atoms with van der Waals surface area (Å²) in [6.07, 6.45) is 0.864. The molecule has 0 radical (unpaired) electrons. The van der Waals surface area contributed by atoms with Crippen LogP contribution in [-0.2, 0) is 6.42 Å². The van der Waals surface area contributed by atoms with Crippen molar-refractivity contribution in [2.24, 2.45) is 0 Å². The Morgan fingerprint density at radius 3 is 2.67 bits per heavy atom. The molecule has 0 aliphatic carbocycles. The summed E-state index contributed by atoms with van der Waals surface area (Å²) in [7, 11) is 0. The van der Waals surface area contributed by atoms with E-state index in [2.05, 4.69) is 45.8 Å². The summed E-state index contributed by atoms with van der Waals surface area (Å²) in [5.74, 6) is 0. The van der Waals surface area contributed by atoms with Crippen LogP contribution in [0, 0.1) is 20.8 Å². The second-order valence-electron chi connectivity index (χ2n) is 5.04. The molecule has 2 N–H and O–H groups in total. The molecule has 0 saturated heterocycles. The summed E-state index contributed by atoms with van der Waals surface area (Å²) in [5, 5.41) is 7.91. The minimum atomic E-state index is -0.165. The predicted molar refractivity (Wildman–Crippen MR) is 93.4 cm³/mol. The quantitative estimate of drug-likeness (QED) is 0.801. The fourth-order valence-corrected chi connectivity index (χ4v) is 3.19. The van der Waals surface area contributed by atoms with E-state index in [-0.39, 0.29) is 6.03 Å². The number of thiophene rings is 1. The van der Waals surface area contributed by atoms with Gasteiger partial charge in [-0.15, -0.1) is 11.3 Å². The van der Waals surface area contributed by atoms with Crippen molar-refractivity contribution in [3.05, 3.63) is 49.6 Å². The van der Waals surface area contributed by atoms with E-state index in [4.69, 9.17) is 0 Å². The smallest absolute Gasteiger partial charge is 0.319 e. The molecule has 0 aliphatic heterocycles. The molecule has 0 aliphatic rings. The van der Waals surface area contributed by atoms with E-state index in [1.54, 1.807) is 11.3 Å². The van der Waals surface area contributed by atoms with Gasteiger partial charge in [0.05, 0.1) is 0 Å². The Hall–Kier alpha value is -1.33. The number of carbonyl (C=O) groups is 1. The number of nitrogens with one attached hydrogen (secondary N) is 2. The van der Waals surface area contributed by atoms with Crippen molar-refractivity contribution in [3.8, 4) is 0 Å². The van der Waals surface area contributed by atoms with Gasteiger partial charge in [0.25, 0.3) is 0 Å². The Balaban J connectivity index is 1.82. The summed E-state index contributed by atoms with van der Waals surface area (Å²) in [6, 6.07) is 5.59. The Bertz CT molecular complexity index is 652. The van der Waals surface area contributed by atoms with Gasteiger partial charge < -0.3 is 10.6 Å². The van der Waals surface area contributed by atoms with Crippen LogP contribution in [0.25, 0.3) is 0 Å². The maximum absolute atomic E-state index is 11.9. The lowest BCUT2D eigenvalue weighted by molar-refractivity contribution is 0.252. The molecule has 2 aromatic rings. The van der Waals surface area contributed by atoms with Crippen LogP contribution >= 0.6 is 27.3 Å². The maximum Gasteiger partial charge on any atom is 0.319 e. The van der Waals surface area contributed by atoms with E-state index in [1.165, 1.54) is 16.0 Å². The monoisotopic (exact) mass is 366 g/mol. The first-order chi connectivity index (χ1) is 9.97. The molecule has 1 heterocycles. The highest BCUT2D eigenvalue weighted by molar-refractivity contribution is 9.10. The van der Waals surface area contributed by atoms with Crippen LogP contribution < -0.4 is 10.6 Å². The lowest BCUT2D eigenvalue weighted by Crippen LogP contribution is -2.30. The van der Waals surface area contributed by atoms with Gasteiger partial charge in [0.15, 0.2) is 0 Å². The van der Waals surface area contributed by atoms with Gasteiger partial charge in [-0.1, -0.05) is 15.9 Å². The molecule has 0 fully saturated rings. The average molecular weight is 367 g/mol. The second kappa shape index (κ2) is 7.09. The van der Waals surface area contributed by atoms with Gasteiger partial charge in [-0.2, -0.15) is 0 Å². The third-order valence-electron chi connectivity index (χ3n) is 3.48. The van der Waals surface area contributed by atoms with Crippen LogP contribution in [-0.4, -0.2) is 12.6 Å². The van der Waals surface area contributed by atoms with Crippen LogP contribution in [0.15, 0.2) is 28.1 Å². The topological polar surface area (TPSA) is 41.1 Å². The van der Waals surface area contributed by atoms with E-state index in [9.17, 15) is 4.79 Å². The molecule has 1 aromatic heterocycles. The van der Waals surface area contributed by atoms with Crippen molar-refractivity contribution in [2.45, 2.75) is 27.2 Å². The van der Waals surface area contributed by atoms with Gasteiger partial charge in [-0.05, 0) is 67.5 Å². The molecule has 2 amide bonds. The minimum Gasteiger partial charge on any atom is -0.338 e. The predicted octanol–water partition coefficient (Wildman–Crippen LogP) is 4.80. The first kappa shape index (κ1) is 16.0. The Morgan fingerprint density at radius 2 is 2.05 bits per heavy atom.